The molecule has 0 radical (unpaired) electrons. The van der Waals surface area contributed by atoms with Gasteiger partial charge in [-0.25, -0.2) is 18.4 Å². The van der Waals surface area contributed by atoms with Crippen LogP contribution in [0.15, 0.2) is 36.4 Å². The maximum absolute atomic E-state index is 12.5. The molecular weight excluding hydrogens is 354 g/mol. The highest BCUT2D eigenvalue weighted by atomic mass is 32.2. The van der Waals surface area contributed by atoms with Gasteiger partial charge in [-0.3, -0.25) is 0 Å². The van der Waals surface area contributed by atoms with Gasteiger partial charge in [0.2, 0.25) is 10.0 Å². The summed E-state index contributed by atoms with van der Waals surface area (Å²) in [5.74, 6) is 0.603. The number of rotatable bonds is 7. The Morgan fingerprint density at radius 3 is 2.54 bits per heavy atom. The summed E-state index contributed by atoms with van der Waals surface area (Å²) < 4.78 is 37.7. The van der Waals surface area contributed by atoms with E-state index in [1.165, 1.54) is 4.31 Å². The third kappa shape index (κ3) is 4.92. The minimum atomic E-state index is -3.38. The van der Waals surface area contributed by atoms with E-state index in [0.717, 1.165) is 11.4 Å². The Labute approximate surface area is 154 Å². The third-order valence-electron chi connectivity index (χ3n) is 4.09. The fourth-order valence-electron chi connectivity index (χ4n) is 2.85. The number of sulfonamides is 1. The Kier molecular flexibility index (Phi) is 5.73. The van der Waals surface area contributed by atoms with Gasteiger partial charge in [-0.2, -0.15) is 4.31 Å². The zero-order valence-corrected chi connectivity index (χ0v) is 15.8. The standard InChI is InChI=1S/C18H23N3O4S/c1-14-12-15(2)20-18(19-14)25-17-8-9-21(13-17)26(22,23)11-10-24-16-6-4-3-5-7-16/h3-7,12,17H,8-11,13H2,1-2H3. The summed E-state index contributed by atoms with van der Waals surface area (Å²) >= 11 is 0. The average molecular weight is 377 g/mol. The summed E-state index contributed by atoms with van der Waals surface area (Å²) in [5, 5.41) is 0. The molecule has 140 valence electrons. The van der Waals surface area contributed by atoms with Gasteiger partial charge in [-0.05, 0) is 38.5 Å². The monoisotopic (exact) mass is 377 g/mol. The van der Waals surface area contributed by atoms with Crippen molar-refractivity contribution in [3.05, 3.63) is 47.8 Å². The summed E-state index contributed by atoms with van der Waals surface area (Å²) in [5.41, 5.74) is 1.65. The zero-order valence-electron chi connectivity index (χ0n) is 15.0. The quantitative estimate of drug-likeness (QED) is 0.734. The first-order valence-corrected chi connectivity index (χ1v) is 10.2. The lowest BCUT2D eigenvalue weighted by Gasteiger charge is -2.17. The van der Waals surface area contributed by atoms with E-state index in [1.54, 1.807) is 12.1 Å². The maximum Gasteiger partial charge on any atom is 0.317 e. The van der Waals surface area contributed by atoms with Crippen LogP contribution < -0.4 is 9.47 Å². The van der Waals surface area contributed by atoms with Crippen molar-refractivity contribution in [3.8, 4) is 11.8 Å². The van der Waals surface area contributed by atoms with E-state index >= 15 is 0 Å². The topological polar surface area (TPSA) is 81.6 Å². The van der Waals surface area contributed by atoms with Gasteiger partial charge in [0.1, 0.15) is 18.5 Å². The Hall–Kier alpha value is -2.19. The SMILES string of the molecule is Cc1cc(C)nc(OC2CCN(S(=O)(=O)CCOc3ccccc3)C2)n1. The number of benzene rings is 1. The lowest BCUT2D eigenvalue weighted by molar-refractivity contribution is 0.196. The van der Waals surface area contributed by atoms with Crippen molar-refractivity contribution >= 4 is 10.0 Å². The molecule has 0 amide bonds. The van der Waals surface area contributed by atoms with Crippen molar-refractivity contribution in [3.63, 3.8) is 0 Å². The fraction of sp³-hybridized carbons (Fsp3) is 0.444. The number of ether oxygens (including phenoxy) is 2. The molecule has 3 rings (SSSR count). The first kappa shape index (κ1) is 18.6. The third-order valence-corrected chi connectivity index (χ3v) is 5.89. The highest BCUT2D eigenvalue weighted by Crippen LogP contribution is 2.19. The van der Waals surface area contributed by atoms with Crippen LogP contribution in [0.1, 0.15) is 17.8 Å². The van der Waals surface area contributed by atoms with E-state index < -0.39 is 10.0 Å². The molecular formula is C18H23N3O4S. The molecule has 0 N–H and O–H groups in total. The van der Waals surface area contributed by atoms with Crippen LogP contribution in [0.5, 0.6) is 11.8 Å². The normalized spacial score (nSPS) is 18.0. The number of hydrogen-bond acceptors (Lipinski definition) is 6. The Balaban J connectivity index is 1.52. The van der Waals surface area contributed by atoms with Crippen LogP contribution in [-0.2, 0) is 10.0 Å². The molecule has 26 heavy (non-hydrogen) atoms. The van der Waals surface area contributed by atoms with E-state index in [4.69, 9.17) is 9.47 Å². The van der Waals surface area contributed by atoms with Gasteiger partial charge in [-0.15, -0.1) is 0 Å². The Morgan fingerprint density at radius 2 is 1.85 bits per heavy atom. The number of hydrogen-bond donors (Lipinski definition) is 0. The van der Waals surface area contributed by atoms with Crippen LogP contribution in [0.2, 0.25) is 0 Å². The lowest BCUT2D eigenvalue weighted by atomic mass is 10.3. The van der Waals surface area contributed by atoms with Gasteiger partial charge < -0.3 is 9.47 Å². The second-order valence-corrected chi connectivity index (χ2v) is 8.39. The van der Waals surface area contributed by atoms with Gasteiger partial charge in [0, 0.05) is 17.9 Å². The van der Waals surface area contributed by atoms with Crippen molar-refractivity contribution in [1.82, 2.24) is 14.3 Å². The first-order valence-electron chi connectivity index (χ1n) is 8.57. The minimum Gasteiger partial charge on any atom is -0.492 e. The van der Waals surface area contributed by atoms with Crippen LogP contribution in [0, 0.1) is 13.8 Å². The molecule has 1 aliphatic rings. The van der Waals surface area contributed by atoms with E-state index in [9.17, 15) is 8.42 Å². The molecule has 8 heteroatoms. The highest BCUT2D eigenvalue weighted by Gasteiger charge is 2.32. The molecule has 1 aromatic carbocycles. The lowest BCUT2D eigenvalue weighted by Crippen LogP contribution is -2.34. The van der Waals surface area contributed by atoms with Crippen LogP contribution in [-0.4, -0.2) is 54.2 Å². The molecule has 0 bridgehead atoms. The van der Waals surface area contributed by atoms with Gasteiger partial charge >= 0.3 is 6.01 Å². The molecule has 1 unspecified atom stereocenters. The van der Waals surface area contributed by atoms with Crippen molar-refractivity contribution < 1.29 is 17.9 Å². The van der Waals surface area contributed by atoms with E-state index in [1.807, 2.05) is 38.1 Å². The van der Waals surface area contributed by atoms with E-state index in [0.29, 0.717) is 31.3 Å². The summed E-state index contributed by atoms with van der Waals surface area (Å²) in [4.78, 5) is 8.49. The van der Waals surface area contributed by atoms with Gasteiger partial charge in [-0.1, -0.05) is 18.2 Å². The van der Waals surface area contributed by atoms with Gasteiger partial charge in [0.05, 0.1) is 12.3 Å². The first-order chi connectivity index (χ1) is 12.4. The molecule has 1 fully saturated rings. The number of para-hydroxylation sites is 1. The van der Waals surface area contributed by atoms with Crippen LogP contribution in [0.3, 0.4) is 0 Å². The number of aromatic nitrogens is 2. The summed E-state index contributed by atoms with van der Waals surface area (Å²) in [6, 6.07) is 11.4. The molecule has 1 aromatic heterocycles. The Bertz CT molecular complexity index is 823. The fourth-order valence-corrected chi connectivity index (χ4v) is 4.18. The molecule has 0 spiro atoms. The zero-order chi connectivity index (χ0) is 18.6. The van der Waals surface area contributed by atoms with E-state index in [-0.39, 0.29) is 18.5 Å². The van der Waals surface area contributed by atoms with Crippen LogP contribution in [0.4, 0.5) is 0 Å². The van der Waals surface area contributed by atoms with Crippen LogP contribution in [0.25, 0.3) is 0 Å². The van der Waals surface area contributed by atoms with Crippen molar-refractivity contribution in [1.29, 1.82) is 0 Å². The van der Waals surface area contributed by atoms with Crippen molar-refractivity contribution in [2.45, 2.75) is 26.4 Å². The molecule has 2 aromatic rings. The molecule has 1 saturated heterocycles. The molecule has 1 atom stereocenters. The van der Waals surface area contributed by atoms with Gasteiger partial charge in [0.15, 0.2) is 0 Å². The molecule has 0 aliphatic carbocycles. The smallest absolute Gasteiger partial charge is 0.317 e. The molecule has 0 saturated carbocycles. The average Bonchev–Trinajstić information content (AvgIpc) is 3.04. The predicted octanol–water partition coefficient (Wildman–Crippen LogP) is 1.96. The van der Waals surface area contributed by atoms with Gasteiger partial charge in [0.25, 0.3) is 0 Å². The largest absolute Gasteiger partial charge is 0.492 e. The predicted molar refractivity (Wildman–Crippen MR) is 97.8 cm³/mol. The number of nitrogens with zero attached hydrogens (tertiary/aromatic N) is 3. The number of aryl methyl sites for hydroxylation is 2. The van der Waals surface area contributed by atoms with Crippen LogP contribution >= 0.6 is 0 Å². The molecule has 7 nitrogen and oxygen atoms in total. The summed E-state index contributed by atoms with van der Waals surface area (Å²) in [6.07, 6.45) is 0.385. The van der Waals surface area contributed by atoms with Crippen molar-refractivity contribution in [2.24, 2.45) is 0 Å². The highest BCUT2D eigenvalue weighted by molar-refractivity contribution is 7.89. The minimum absolute atomic E-state index is 0.0608. The Morgan fingerprint density at radius 1 is 1.15 bits per heavy atom. The second-order valence-electron chi connectivity index (χ2n) is 6.30. The summed E-state index contributed by atoms with van der Waals surface area (Å²) in [6.45, 7) is 4.61. The maximum atomic E-state index is 12.5. The molecule has 2 heterocycles. The second kappa shape index (κ2) is 8.01. The van der Waals surface area contributed by atoms with Crippen molar-refractivity contribution in [2.75, 3.05) is 25.4 Å². The van der Waals surface area contributed by atoms with E-state index in [2.05, 4.69) is 9.97 Å². The molecule has 1 aliphatic heterocycles. The summed E-state index contributed by atoms with van der Waals surface area (Å²) in [7, 11) is -3.38.